The van der Waals surface area contributed by atoms with Gasteiger partial charge in [-0.05, 0) is 106 Å². The van der Waals surface area contributed by atoms with Crippen LogP contribution in [0.25, 0.3) is 0 Å². The van der Waals surface area contributed by atoms with Crippen molar-refractivity contribution in [2.24, 2.45) is 99.5 Å². The van der Waals surface area contributed by atoms with Gasteiger partial charge in [-0.2, -0.15) is 0 Å². The van der Waals surface area contributed by atoms with Crippen molar-refractivity contribution in [3.8, 4) is 0 Å². The van der Waals surface area contributed by atoms with E-state index in [0.29, 0.717) is 81.7 Å². The highest BCUT2D eigenvalue weighted by Gasteiger charge is 3.20. The van der Waals surface area contributed by atoms with Gasteiger partial charge >= 0.3 is 0 Å². The lowest BCUT2D eigenvalue weighted by atomic mass is 8.92. The minimum absolute atomic E-state index is 0.303. The Morgan fingerprint density at radius 2 is 0.919 bits per heavy atom. The zero-order valence-corrected chi connectivity index (χ0v) is 28.0. The second-order valence-corrected chi connectivity index (χ2v) is 19.8. The van der Waals surface area contributed by atoms with Gasteiger partial charge in [0.15, 0.2) is 0 Å². The molecule has 37 heavy (non-hydrogen) atoms. The maximum absolute atomic E-state index is 2.93. The van der Waals surface area contributed by atoms with E-state index < -0.39 is 0 Å². The van der Waals surface area contributed by atoms with Crippen LogP contribution in [0.2, 0.25) is 0 Å². The minimum atomic E-state index is 0.303. The summed E-state index contributed by atoms with van der Waals surface area (Å²) in [4.78, 5) is 0. The summed E-state index contributed by atoms with van der Waals surface area (Å²) in [6, 6.07) is 0. The van der Waals surface area contributed by atoms with E-state index in [1.165, 1.54) is 6.42 Å². The second kappa shape index (κ2) is 4.69. The van der Waals surface area contributed by atoms with Crippen molar-refractivity contribution in [1.82, 2.24) is 0 Å². The first-order valence-corrected chi connectivity index (χ1v) is 16.4. The smallest absolute Gasteiger partial charge is 0.00539 e. The zero-order chi connectivity index (χ0) is 28.0. The van der Waals surface area contributed by atoms with Gasteiger partial charge in [-0.3, -0.25) is 0 Å². The van der Waals surface area contributed by atoms with Gasteiger partial charge in [0.25, 0.3) is 0 Å². The van der Waals surface area contributed by atoms with Crippen molar-refractivity contribution in [3.63, 3.8) is 0 Å². The van der Waals surface area contributed by atoms with Crippen LogP contribution in [0.1, 0.15) is 131 Å². The predicted molar refractivity (Wildman–Crippen MR) is 155 cm³/mol. The summed E-state index contributed by atoms with van der Waals surface area (Å²) >= 11 is 0. The van der Waals surface area contributed by atoms with Gasteiger partial charge in [0.2, 0.25) is 0 Å². The van der Waals surface area contributed by atoms with Crippen LogP contribution in [0.4, 0.5) is 0 Å². The molecule has 7 bridgehead atoms. The molecule has 0 aromatic carbocycles. The molecule has 0 heterocycles. The number of hydrogen-bond acceptors (Lipinski definition) is 0. The summed E-state index contributed by atoms with van der Waals surface area (Å²) in [6.45, 7) is 50.8. The fourth-order valence-corrected chi connectivity index (χ4v) is 23.0. The summed E-state index contributed by atoms with van der Waals surface area (Å²) in [7, 11) is 0. The molecule has 0 aliphatic heterocycles. The summed E-state index contributed by atoms with van der Waals surface area (Å²) in [5, 5.41) is 0. The van der Waals surface area contributed by atoms with E-state index in [4.69, 9.17) is 0 Å². The average Bonchev–Trinajstić information content (AvgIpc) is 2.91. The summed E-state index contributed by atoms with van der Waals surface area (Å²) in [5.74, 6) is 2.96. The molecule has 0 heteroatoms. The van der Waals surface area contributed by atoms with Crippen LogP contribution < -0.4 is 0 Å². The molecule has 0 N–H and O–H groups in total. The standard InChI is InChI=1S/C37H60/c1-20(2)26(8)27(9)21(3)22(4)28(10)30(12)25(7)19-24(6)23(5)29(11)33(15,34(28,16)37(24,25)29)36(18)32(27,14)31(26,13)35(30,36)17/h20-23H,19H2,1-18H3. The Labute approximate surface area is 230 Å². The van der Waals surface area contributed by atoms with E-state index in [0.717, 1.165) is 17.8 Å². The molecule has 0 nitrogen and oxygen atoms in total. The molecule has 0 radical (unpaired) electrons. The Morgan fingerprint density at radius 3 is 1.41 bits per heavy atom. The monoisotopic (exact) mass is 504 g/mol. The van der Waals surface area contributed by atoms with Crippen LogP contribution >= 0.6 is 0 Å². The highest BCUT2D eigenvalue weighted by atomic mass is 15.2. The van der Waals surface area contributed by atoms with Crippen LogP contribution in [0.5, 0.6) is 0 Å². The van der Waals surface area contributed by atoms with Gasteiger partial charge in [0, 0.05) is 0 Å². The molecule has 17 atom stereocenters. The summed E-state index contributed by atoms with van der Waals surface area (Å²) in [5.41, 5.74) is 5.15. The third-order valence-electron chi connectivity index (χ3n) is 23.9. The van der Waals surface area contributed by atoms with Crippen molar-refractivity contribution in [3.05, 3.63) is 0 Å². The first kappa shape index (κ1) is 24.8. The van der Waals surface area contributed by atoms with Crippen molar-refractivity contribution < 1.29 is 0 Å². The van der Waals surface area contributed by atoms with Gasteiger partial charge < -0.3 is 0 Å². The first-order valence-electron chi connectivity index (χ1n) is 16.4. The second-order valence-electron chi connectivity index (χ2n) is 19.8. The van der Waals surface area contributed by atoms with Crippen LogP contribution in [0, 0.1) is 99.5 Å². The fourth-order valence-electron chi connectivity index (χ4n) is 23.0. The minimum Gasteiger partial charge on any atom is -0.0622 e. The van der Waals surface area contributed by atoms with Crippen LogP contribution in [0.15, 0.2) is 0 Å². The van der Waals surface area contributed by atoms with Crippen LogP contribution in [0.3, 0.4) is 0 Å². The molecule has 9 fully saturated rings. The van der Waals surface area contributed by atoms with Crippen LogP contribution in [-0.2, 0) is 0 Å². The van der Waals surface area contributed by atoms with E-state index in [2.05, 4.69) is 125 Å². The van der Waals surface area contributed by atoms with Crippen molar-refractivity contribution in [2.75, 3.05) is 0 Å². The molecule has 17 unspecified atom stereocenters. The van der Waals surface area contributed by atoms with Crippen molar-refractivity contribution in [1.29, 1.82) is 0 Å². The summed E-state index contributed by atoms with van der Waals surface area (Å²) in [6.07, 6.45) is 1.46. The van der Waals surface area contributed by atoms with Gasteiger partial charge in [-0.1, -0.05) is 125 Å². The van der Waals surface area contributed by atoms with Crippen LogP contribution in [-0.4, -0.2) is 0 Å². The number of fused-ring (bicyclic) bond motifs is 1. The molecular formula is C37H60. The maximum atomic E-state index is 2.93. The first-order chi connectivity index (χ1) is 16.4. The van der Waals surface area contributed by atoms with Crippen molar-refractivity contribution in [2.45, 2.75) is 131 Å². The predicted octanol–water partition coefficient (Wildman–Crippen LogP) is 10.1. The molecule has 9 aliphatic rings. The fraction of sp³-hybridized carbons (Fsp3) is 1.00. The normalized spacial score (nSPS) is 84.2. The Hall–Kier alpha value is 0. The lowest BCUT2D eigenvalue weighted by molar-refractivity contribution is -0.648. The van der Waals surface area contributed by atoms with Gasteiger partial charge in [-0.15, -0.1) is 0 Å². The Kier molecular flexibility index (Phi) is 3.14. The van der Waals surface area contributed by atoms with Gasteiger partial charge in [0.05, 0.1) is 0 Å². The highest BCUT2D eigenvalue weighted by molar-refractivity contribution is 5.66. The van der Waals surface area contributed by atoms with E-state index in [1.807, 2.05) is 0 Å². The zero-order valence-electron chi connectivity index (χ0n) is 28.0. The number of hydrogen-bond donors (Lipinski definition) is 0. The largest absolute Gasteiger partial charge is 0.0622 e. The quantitative estimate of drug-likeness (QED) is 0.333. The maximum Gasteiger partial charge on any atom is -0.00539 e. The lowest BCUT2D eigenvalue weighted by Gasteiger charge is -3.11. The lowest BCUT2D eigenvalue weighted by Crippen LogP contribution is -3.07. The molecule has 9 rings (SSSR count). The third-order valence-corrected chi connectivity index (χ3v) is 23.9. The topological polar surface area (TPSA) is 0 Å². The average molecular weight is 505 g/mol. The Balaban J connectivity index is 1.65. The molecule has 9 saturated carbocycles. The molecule has 1 spiro atoms. The van der Waals surface area contributed by atoms with E-state index in [-0.39, 0.29) is 0 Å². The molecule has 9 aliphatic carbocycles. The molecule has 208 valence electrons. The molecule has 0 amide bonds. The molecule has 0 saturated heterocycles. The highest BCUT2D eigenvalue weighted by Crippen LogP contribution is 3.24. The third kappa shape index (κ3) is 1.02. The van der Waals surface area contributed by atoms with E-state index >= 15 is 0 Å². The molecular weight excluding hydrogens is 444 g/mol. The Morgan fingerprint density at radius 1 is 0.486 bits per heavy atom. The van der Waals surface area contributed by atoms with E-state index in [9.17, 15) is 0 Å². The van der Waals surface area contributed by atoms with E-state index in [1.54, 1.807) is 0 Å². The SMILES string of the molecule is CC(C)C1(C)C2(C)C(C)C(C)C3(C)C4(C)C5(C)CC6(C)C(C)C7(C)C(C)(C8(C)C2(C)C1(C)C48C)C3(C)C657. The van der Waals surface area contributed by atoms with Crippen molar-refractivity contribution >= 4 is 0 Å². The summed E-state index contributed by atoms with van der Waals surface area (Å²) < 4.78 is 0. The van der Waals surface area contributed by atoms with Gasteiger partial charge in [0.1, 0.15) is 0 Å². The number of rotatable bonds is 1. The Bertz CT molecular complexity index is 1280. The molecule has 0 aromatic rings. The molecule has 0 aromatic heterocycles. The van der Waals surface area contributed by atoms with Gasteiger partial charge in [-0.25, -0.2) is 0 Å².